The van der Waals surface area contributed by atoms with Crippen LogP contribution < -0.4 is 10.2 Å². The van der Waals surface area contributed by atoms with Gasteiger partial charge in [-0.05, 0) is 36.6 Å². The number of morpholine rings is 1. The molecule has 0 atom stereocenters. The average molecular weight is 517 g/mol. The molecule has 1 amide bonds. The Hall–Kier alpha value is -1.62. The molecule has 0 bridgehead atoms. The highest BCUT2D eigenvalue weighted by Crippen LogP contribution is 2.28. The van der Waals surface area contributed by atoms with Crippen molar-refractivity contribution in [1.82, 2.24) is 15.1 Å². The van der Waals surface area contributed by atoms with Crippen LogP contribution in [-0.4, -0.2) is 80.7 Å². The Morgan fingerprint density at radius 1 is 1.24 bits per heavy atom. The summed E-state index contributed by atoms with van der Waals surface area (Å²) in [5, 5.41) is 3.32. The average Bonchev–Trinajstić information content (AvgIpc) is 3.54. The summed E-state index contributed by atoms with van der Waals surface area (Å²) in [6.07, 6.45) is 2.26. The van der Waals surface area contributed by atoms with E-state index in [1.165, 1.54) is 6.07 Å². The number of benzene rings is 1. The van der Waals surface area contributed by atoms with Crippen LogP contribution in [0.25, 0.3) is 0 Å². The van der Waals surface area contributed by atoms with Crippen molar-refractivity contribution in [3.8, 4) is 0 Å². The Bertz CT molecular complexity index is 752. The van der Waals surface area contributed by atoms with E-state index in [1.807, 2.05) is 15.9 Å². The molecule has 9 heteroatoms. The van der Waals surface area contributed by atoms with Crippen molar-refractivity contribution in [3.05, 3.63) is 29.6 Å². The Morgan fingerprint density at radius 2 is 2.00 bits per heavy atom. The van der Waals surface area contributed by atoms with Crippen LogP contribution >= 0.6 is 24.0 Å². The third-order valence-electron chi connectivity index (χ3n) is 5.59. The van der Waals surface area contributed by atoms with Crippen molar-refractivity contribution in [2.24, 2.45) is 4.99 Å². The summed E-state index contributed by atoms with van der Waals surface area (Å²) >= 11 is 0. The molecule has 1 aromatic rings. The van der Waals surface area contributed by atoms with Gasteiger partial charge in [-0.1, -0.05) is 0 Å². The lowest BCUT2D eigenvalue weighted by atomic mass is 10.1. The standard InChI is InChI=1S/C20H28FN5O2.HI/c1-22-20(25-6-7-26(17-3-4-17)19(27)14-25)23-13-15-12-16(21)2-5-18(15)24-8-10-28-11-9-24;/h2,5,12,17H,3-4,6-11,13-14H2,1H3,(H,22,23);1H. The first-order chi connectivity index (χ1) is 13.7. The summed E-state index contributed by atoms with van der Waals surface area (Å²) in [7, 11) is 1.72. The highest BCUT2D eigenvalue weighted by molar-refractivity contribution is 14.0. The number of carbonyl (C=O) groups is 1. The zero-order valence-electron chi connectivity index (χ0n) is 16.8. The second-order valence-corrected chi connectivity index (χ2v) is 7.51. The van der Waals surface area contributed by atoms with Crippen molar-refractivity contribution in [2.75, 3.05) is 57.9 Å². The van der Waals surface area contributed by atoms with Gasteiger partial charge in [0.2, 0.25) is 5.91 Å². The number of nitrogens with one attached hydrogen (secondary N) is 1. The molecule has 0 radical (unpaired) electrons. The normalized spacial score (nSPS) is 20.6. The number of anilines is 1. The molecule has 29 heavy (non-hydrogen) atoms. The summed E-state index contributed by atoms with van der Waals surface area (Å²) in [5.41, 5.74) is 1.90. The van der Waals surface area contributed by atoms with Gasteiger partial charge >= 0.3 is 0 Å². The molecule has 160 valence electrons. The van der Waals surface area contributed by atoms with Crippen LogP contribution in [0.3, 0.4) is 0 Å². The summed E-state index contributed by atoms with van der Waals surface area (Å²) in [6.45, 7) is 5.25. The molecule has 1 N–H and O–H groups in total. The monoisotopic (exact) mass is 517 g/mol. The number of guanidine groups is 1. The van der Waals surface area contributed by atoms with Crippen LogP contribution in [0.4, 0.5) is 10.1 Å². The summed E-state index contributed by atoms with van der Waals surface area (Å²) in [4.78, 5) is 23.0. The number of amides is 1. The Morgan fingerprint density at radius 3 is 2.66 bits per heavy atom. The third-order valence-corrected chi connectivity index (χ3v) is 5.59. The highest BCUT2D eigenvalue weighted by atomic mass is 127. The fourth-order valence-corrected chi connectivity index (χ4v) is 3.95. The number of nitrogens with zero attached hydrogens (tertiary/aromatic N) is 4. The Labute approximate surface area is 188 Å². The van der Waals surface area contributed by atoms with Crippen molar-refractivity contribution in [3.63, 3.8) is 0 Å². The van der Waals surface area contributed by atoms with E-state index in [0.717, 1.165) is 50.3 Å². The number of ether oxygens (including phenoxy) is 1. The van der Waals surface area contributed by atoms with Crippen LogP contribution in [0.5, 0.6) is 0 Å². The van der Waals surface area contributed by atoms with Gasteiger partial charge in [-0.25, -0.2) is 4.39 Å². The molecule has 7 nitrogen and oxygen atoms in total. The first-order valence-electron chi connectivity index (χ1n) is 10.0. The lowest BCUT2D eigenvalue weighted by Crippen LogP contribution is -2.55. The molecular formula is C20H29FIN5O2. The SMILES string of the molecule is CN=C(NCc1cc(F)ccc1N1CCOCC1)N1CCN(C2CC2)C(=O)C1.I. The number of halogens is 2. The molecule has 3 fully saturated rings. The van der Waals surface area contributed by atoms with Gasteiger partial charge in [0.1, 0.15) is 5.82 Å². The molecule has 0 aromatic heterocycles. The third kappa shape index (κ3) is 5.30. The second kappa shape index (κ2) is 9.92. The number of piperazine rings is 1. The number of rotatable bonds is 4. The van der Waals surface area contributed by atoms with Crippen molar-refractivity contribution >= 4 is 41.5 Å². The van der Waals surface area contributed by atoms with Crippen LogP contribution in [-0.2, 0) is 16.1 Å². The van der Waals surface area contributed by atoms with Crippen molar-refractivity contribution in [2.45, 2.75) is 25.4 Å². The minimum atomic E-state index is -0.253. The summed E-state index contributed by atoms with van der Waals surface area (Å²) in [5.74, 6) is 0.592. The molecule has 2 heterocycles. The van der Waals surface area contributed by atoms with Crippen molar-refractivity contribution in [1.29, 1.82) is 0 Å². The molecule has 4 rings (SSSR count). The molecule has 1 aliphatic carbocycles. The van der Waals surface area contributed by atoms with Gasteiger partial charge in [-0.15, -0.1) is 24.0 Å². The van der Waals surface area contributed by atoms with Crippen LogP contribution in [0.1, 0.15) is 18.4 Å². The lowest BCUT2D eigenvalue weighted by molar-refractivity contribution is -0.135. The van der Waals surface area contributed by atoms with Gasteiger partial charge in [0.25, 0.3) is 0 Å². The number of hydrogen-bond donors (Lipinski definition) is 1. The van der Waals surface area contributed by atoms with Crippen LogP contribution in [0.15, 0.2) is 23.2 Å². The van der Waals surface area contributed by atoms with E-state index in [2.05, 4.69) is 15.2 Å². The minimum Gasteiger partial charge on any atom is -0.378 e. The highest BCUT2D eigenvalue weighted by Gasteiger charge is 2.36. The van der Waals surface area contributed by atoms with Gasteiger partial charge in [-0.2, -0.15) is 0 Å². The second-order valence-electron chi connectivity index (χ2n) is 7.51. The quantitative estimate of drug-likeness (QED) is 0.374. The van der Waals surface area contributed by atoms with E-state index in [1.54, 1.807) is 13.1 Å². The van der Waals surface area contributed by atoms with Gasteiger partial charge in [0, 0.05) is 51.5 Å². The van der Waals surface area contributed by atoms with Gasteiger partial charge in [0.15, 0.2) is 5.96 Å². The molecule has 2 aliphatic heterocycles. The fourth-order valence-electron chi connectivity index (χ4n) is 3.95. The minimum absolute atomic E-state index is 0. The number of aliphatic imine (C=N–C) groups is 1. The maximum atomic E-state index is 13.9. The van der Waals surface area contributed by atoms with Crippen LogP contribution in [0, 0.1) is 5.82 Å². The fraction of sp³-hybridized carbons (Fsp3) is 0.600. The predicted molar refractivity (Wildman–Crippen MR) is 121 cm³/mol. The zero-order chi connectivity index (χ0) is 19.5. The van der Waals surface area contributed by atoms with Gasteiger partial charge in [-0.3, -0.25) is 9.79 Å². The predicted octanol–water partition coefficient (Wildman–Crippen LogP) is 1.66. The number of carbonyl (C=O) groups excluding carboxylic acids is 1. The molecule has 0 spiro atoms. The van der Waals surface area contributed by atoms with E-state index >= 15 is 0 Å². The van der Waals surface area contributed by atoms with Gasteiger partial charge in [0.05, 0.1) is 19.8 Å². The maximum Gasteiger partial charge on any atom is 0.242 e. The van der Waals surface area contributed by atoms with E-state index in [0.29, 0.717) is 38.3 Å². The smallest absolute Gasteiger partial charge is 0.242 e. The van der Waals surface area contributed by atoms with Gasteiger partial charge < -0.3 is 24.8 Å². The zero-order valence-corrected chi connectivity index (χ0v) is 19.1. The molecule has 2 saturated heterocycles. The summed E-state index contributed by atoms with van der Waals surface area (Å²) in [6, 6.07) is 5.35. The van der Waals surface area contributed by atoms with E-state index in [4.69, 9.17) is 4.74 Å². The largest absolute Gasteiger partial charge is 0.378 e. The Balaban J connectivity index is 0.00000240. The van der Waals surface area contributed by atoms with E-state index in [-0.39, 0.29) is 35.7 Å². The molecule has 1 saturated carbocycles. The molecule has 1 aromatic carbocycles. The van der Waals surface area contributed by atoms with E-state index in [9.17, 15) is 9.18 Å². The molecule has 3 aliphatic rings. The van der Waals surface area contributed by atoms with Crippen molar-refractivity contribution < 1.29 is 13.9 Å². The molecule has 0 unspecified atom stereocenters. The summed E-state index contributed by atoms with van der Waals surface area (Å²) < 4.78 is 19.3. The maximum absolute atomic E-state index is 13.9. The van der Waals surface area contributed by atoms with E-state index < -0.39 is 0 Å². The number of hydrogen-bond acceptors (Lipinski definition) is 4. The lowest BCUT2D eigenvalue weighted by Gasteiger charge is -2.36. The Kier molecular flexibility index (Phi) is 7.55. The van der Waals surface area contributed by atoms with Crippen LogP contribution in [0.2, 0.25) is 0 Å². The first-order valence-corrected chi connectivity index (χ1v) is 10.0. The molecular weight excluding hydrogens is 488 g/mol. The topological polar surface area (TPSA) is 60.4 Å². The first kappa shape index (κ1) is 22.1.